The van der Waals surface area contributed by atoms with Crippen LogP contribution in [0.4, 0.5) is 4.39 Å². The maximum absolute atomic E-state index is 12.9. The smallest absolute Gasteiger partial charge is 0.216 e. The van der Waals surface area contributed by atoms with E-state index in [1.807, 2.05) is 12.2 Å². The zero-order valence-corrected chi connectivity index (χ0v) is 10.00. The minimum Gasteiger partial charge on any atom is -0.496 e. The molecule has 0 radical (unpaired) electrons. The minimum absolute atomic E-state index is 0.0437. The van der Waals surface area contributed by atoms with E-state index in [0.717, 1.165) is 12.0 Å². The molecule has 0 saturated carbocycles. The molecule has 1 aromatic carbocycles. The Hall–Kier alpha value is -1.84. The molecular formula is C13H16FNO2. The number of carbonyl (C=O) groups is 1. The molecule has 1 rings (SSSR count). The Labute approximate surface area is 100 Å². The number of carbonyl (C=O) groups excluding carboxylic acids is 1. The molecule has 0 aliphatic rings. The Morgan fingerprint density at radius 1 is 1.53 bits per heavy atom. The van der Waals surface area contributed by atoms with Crippen molar-refractivity contribution < 1.29 is 13.9 Å². The van der Waals surface area contributed by atoms with E-state index in [9.17, 15) is 9.18 Å². The summed E-state index contributed by atoms with van der Waals surface area (Å²) in [6, 6.07) is 4.38. The van der Waals surface area contributed by atoms with Crippen molar-refractivity contribution in [2.24, 2.45) is 0 Å². The van der Waals surface area contributed by atoms with Crippen LogP contribution in [0.15, 0.2) is 24.3 Å². The number of methoxy groups -OCH3 is 1. The molecule has 0 saturated heterocycles. The molecule has 0 aliphatic carbocycles. The van der Waals surface area contributed by atoms with Crippen LogP contribution in [0, 0.1) is 5.82 Å². The molecule has 0 bridgehead atoms. The highest BCUT2D eigenvalue weighted by Gasteiger charge is 2.00. The van der Waals surface area contributed by atoms with Gasteiger partial charge in [-0.2, -0.15) is 0 Å². The number of benzene rings is 1. The van der Waals surface area contributed by atoms with Gasteiger partial charge in [-0.1, -0.05) is 12.2 Å². The van der Waals surface area contributed by atoms with Crippen molar-refractivity contribution in [2.75, 3.05) is 13.7 Å². The van der Waals surface area contributed by atoms with Crippen LogP contribution in [0.25, 0.3) is 6.08 Å². The maximum Gasteiger partial charge on any atom is 0.216 e. The van der Waals surface area contributed by atoms with Crippen LogP contribution in [0.2, 0.25) is 0 Å². The second kappa shape index (κ2) is 6.68. The van der Waals surface area contributed by atoms with E-state index >= 15 is 0 Å². The van der Waals surface area contributed by atoms with Gasteiger partial charge in [0.15, 0.2) is 0 Å². The van der Waals surface area contributed by atoms with Gasteiger partial charge < -0.3 is 10.1 Å². The molecular weight excluding hydrogens is 221 g/mol. The second-order valence-corrected chi connectivity index (χ2v) is 3.56. The molecule has 0 fully saturated rings. The predicted octanol–water partition coefficient (Wildman–Crippen LogP) is 2.37. The third-order valence-corrected chi connectivity index (χ3v) is 2.18. The first kappa shape index (κ1) is 13.2. The average Bonchev–Trinajstić information content (AvgIpc) is 2.29. The summed E-state index contributed by atoms with van der Waals surface area (Å²) in [6.07, 6.45) is 4.48. The van der Waals surface area contributed by atoms with Gasteiger partial charge in [0.1, 0.15) is 11.6 Å². The summed E-state index contributed by atoms with van der Waals surface area (Å²) < 4.78 is 18.0. The topological polar surface area (TPSA) is 38.3 Å². The first-order valence-electron chi connectivity index (χ1n) is 5.38. The third kappa shape index (κ3) is 4.68. The van der Waals surface area contributed by atoms with Gasteiger partial charge in [0.2, 0.25) is 5.91 Å². The molecule has 1 N–H and O–H groups in total. The van der Waals surface area contributed by atoms with Crippen LogP contribution in [0.5, 0.6) is 5.75 Å². The van der Waals surface area contributed by atoms with Gasteiger partial charge in [0, 0.05) is 25.1 Å². The quantitative estimate of drug-likeness (QED) is 0.798. The second-order valence-electron chi connectivity index (χ2n) is 3.56. The van der Waals surface area contributed by atoms with Crippen LogP contribution >= 0.6 is 0 Å². The van der Waals surface area contributed by atoms with Crippen molar-refractivity contribution in [3.05, 3.63) is 35.7 Å². The fraction of sp³-hybridized carbons (Fsp3) is 0.308. The van der Waals surface area contributed by atoms with Crippen molar-refractivity contribution >= 4 is 12.0 Å². The van der Waals surface area contributed by atoms with E-state index in [4.69, 9.17) is 4.74 Å². The lowest BCUT2D eigenvalue weighted by Gasteiger charge is -2.04. The number of nitrogens with one attached hydrogen (secondary N) is 1. The predicted molar refractivity (Wildman–Crippen MR) is 65.3 cm³/mol. The summed E-state index contributed by atoms with van der Waals surface area (Å²) in [4.78, 5) is 10.6. The number of ether oxygens (including phenoxy) is 1. The molecule has 4 heteroatoms. The van der Waals surface area contributed by atoms with E-state index in [0.29, 0.717) is 12.3 Å². The van der Waals surface area contributed by atoms with Gasteiger partial charge in [-0.15, -0.1) is 0 Å². The van der Waals surface area contributed by atoms with Gasteiger partial charge in [-0.05, 0) is 18.6 Å². The number of hydrogen-bond donors (Lipinski definition) is 1. The highest BCUT2D eigenvalue weighted by atomic mass is 19.1. The average molecular weight is 237 g/mol. The monoisotopic (exact) mass is 237 g/mol. The fourth-order valence-corrected chi connectivity index (χ4v) is 1.36. The normalized spacial score (nSPS) is 10.5. The number of rotatable bonds is 5. The number of hydrogen-bond acceptors (Lipinski definition) is 2. The van der Waals surface area contributed by atoms with Gasteiger partial charge in [-0.3, -0.25) is 4.79 Å². The molecule has 92 valence electrons. The Kier molecular flexibility index (Phi) is 5.20. The Morgan fingerprint density at radius 3 is 2.94 bits per heavy atom. The Balaban J connectivity index is 2.55. The van der Waals surface area contributed by atoms with Crippen LogP contribution < -0.4 is 10.1 Å². The molecule has 0 aliphatic heterocycles. The first-order valence-corrected chi connectivity index (χ1v) is 5.38. The van der Waals surface area contributed by atoms with Crippen molar-refractivity contribution in [2.45, 2.75) is 13.3 Å². The Bertz CT molecular complexity index is 416. The molecule has 1 amide bonds. The third-order valence-electron chi connectivity index (χ3n) is 2.18. The molecule has 0 spiro atoms. The number of halogens is 1. The summed E-state index contributed by atoms with van der Waals surface area (Å²) >= 11 is 0. The van der Waals surface area contributed by atoms with Gasteiger partial charge in [-0.25, -0.2) is 4.39 Å². The van der Waals surface area contributed by atoms with Crippen molar-refractivity contribution in [1.82, 2.24) is 5.32 Å². The SMILES string of the molecule is COc1cc(F)ccc1C=CCCNC(C)=O. The van der Waals surface area contributed by atoms with E-state index < -0.39 is 0 Å². The molecule has 0 atom stereocenters. The molecule has 1 aromatic rings. The zero-order chi connectivity index (χ0) is 12.7. The highest BCUT2D eigenvalue weighted by molar-refractivity contribution is 5.72. The van der Waals surface area contributed by atoms with Crippen LogP contribution in [0.1, 0.15) is 18.9 Å². The lowest BCUT2D eigenvalue weighted by molar-refractivity contribution is -0.118. The molecule has 0 heterocycles. The van der Waals surface area contributed by atoms with E-state index in [2.05, 4.69) is 5.32 Å². The minimum atomic E-state index is -0.322. The van der Waals surface area contributed by atoms with Crippen molar-refractivity contribution in [3.63, 3.8) is 0 Å². The molecule has 0 aromatic heterocycles. The van der Waals surface area contributed by atoms with E-state index in [1.165, 1.54) is 26.2 Å². The van der Waals surface area contributed by atoms with Crippen molar-refractivity contribution in [3.8, 4) is 5.75 Å². The molecule has 0 unspecified atom stereocenters. The van der Waals surface area contributed by atoms with Gasteiger partial charge in [0.05, 0.1) is 7.11 Å². The standard InChI is InChI=1S/C13H16FNO2/c1-10(16)15-8-4-3-5-11-6-7-12(14)9-13(11)17-2/h3,5-7,9H,4,8H2,1-2H3,(H,15,16). The van der Waals surface area contributed by atoms with Crippen LogP contribution in [-0.4, -0.2) is 19.6 Å². The largest absolute Gasteiger partial charge is 0.496 e. The molecule has 3 nitrogen and oxygen atoms in total. The zero-order valence-electron chi connectivity index (χ0n) is 10.00. The maximum atomic E-state index is 12.9. The van der Waals surface area contributed by atoms with Gasteiger partial charge in [0.25, 0.3) is 0 Å². The summed E-state index contributed by atoms with van der Waals surface area (Å²) in [5, 5.41) is 2.69. The summed E-state index contributed by atoms with van der Waals surface area (Å²) in [7, 11) is 1.50. The number of amides is 1. The lowest BCUT2D eigenvalue weighted by Crippen LogP contribution is -2.20. The van der Waals surface area contributed by atoms with E-state index in [-0.39, 0.29) is 11.7 Å². The Morgan fingerprint density at radius 2 is 2.29 bits per heavy atom. The summed E-state index contributed by atoms with van der Waals surface area (Å²) in [5.41, 5.74) is 0.816. The van der Waals surface area contributed by atoms with E-state index in [1.54, 1.807) is 6.07 Å². The fourth-order valence-electron chi connectivity index (χ4n) is 1.36. The van der Waals surface area contributed by atoms with Crippen LogP contribution in [-0.2, 0) is 4.79 Å². The van der Waals surface area contributed by atoms with Crippen molar-refractivity contribution in [1.29, 1.82) is 0 Å². The lowest BCUT2D eigenvalue weighted by atomic mass is 10.1. The first-order chi connectivity index (χ1) is 8.13. The van der Waals surface area contributed by atoms with Crippen LogP contribution in [0.3, 0.4) is 0 Å². The summed E-state index contributed by atoms with van der Waals surface area (Å²) in [6.45, 7) is 2.07. The summed E-state index contributed by atoms with van der Waals surface area (Å²) in [5.74, 6) is 0.135. The highest BCUT2D eigenvalue weighted by Crippen LogP contribution is 2.20. The van der Waals surface area contributed by atoms with Gasteiger partial charge >= 0.3 is 0 Å². The molecule has 17 heavy (non-hydrogen) atoms.